The summed E-state index contributed by atoms with van der Waals surface area (Å²) in [5, 5.41) is 5.64. The number of quaternary nitrogens is 1. The zero-order chi connectivity index (χ0) is 20.0. The molecule has 0 amide bonds. The van der Waals surface area contributed by atoms with E-state index in [1.807, 2.05) is 38.2 Å². The fourth-order valence-corrected chi connectivity index (χ4v) is 2.88. The van der Waals surface area contributed by atoms with Crippen molar-refractivity contribution in [3.05, 3.63) is 84.6 Å². The van der Waals surface area contributed by atoms with Gasteiger partial charge in [-0.3, -0.25) is 0 Å². The third-order valence-electron chi connectivity index (χ3n) is 4.34. The zero-order valence-electron chi connectivity index (χ0n) is 17.7. The molecule has 3 N–H and O–H groups in total. The second kappa shape index (κ2) is 12.9. The molecule has 0 aliphatic heterocycles. The maximum atomic E-state index is 3.27. The number of hydrogen-bond acceptors (Lipinski definition) is 1. The minimum atomic E-state index is 0.123. The number of anilines is 1. The quantitative estimate of drug-likeness (QED) is 0.404. The molecule has 0 aliphatic rings. The standard InChI is InChI=1S/C23H30N2.C2H6/c1-4-18-25-22-16-10-9-15-21(22)23(2,3)17-11-6-12-19-24-20-13-7-5-8-14-20;1-2/h5-16,19,24-25H,4,17-18H2,1-3H3;1-2H3/p+1/b11-6+,19-12+;. The van der Waals surface area contributed by atoms with Crippen LogP contribution < -0.4 is 10.6 Å². The first-order chi connectivity index (χ1) is 13.1. The van der Waals surface area contributed by atoms with Crippen molar-refractivity contribution in [2.24, 2.45) is 0 Å². The average molecular weight is 366 g/mol. The van der Waals surface area contributed by atoms with Crippen LogP contribution in [0.25, 0.3) is 0 Å². The largest absolute Gasteiger partial charge is 0.362 e. The summed E-state index contributed by atoms with van der Waals surface area (Å²) in [5.74, 6) is 0. The Morgan fingerprint density at radius 1 is 0.926 bits per heavy atom. The molecule has 0 heterocycles. The van der Waals surface area contributed by atoms with Crippen LogP contribution in [0.2, 0.25) is 0 Å². The number of hydrogen-bond donors (Lipinski definition) is 2. The Bertz CT molecular complexity index is 684. The van der Waals surface area contributed by atoms with E-state index >= 15 is 0 Å². The van der Waals surface area contributed by atoms with Gasteiger partial charge in [0, 0.05) is 17.5 Å². The fourth-order valence-electron chi connectivity index (χ4n) is 2.88. The Morgan fingerprint density at radius 3 is 2.30 bits per heavy atom. The van der Waals surface area contributed by atoms with Gasteiger partial charge in [-0.1, -0.05) is 83.2 Å². The van der Waals surface area contributed by atoms with E-state index in [-0.39, 0.29) is 5.41 Å². The van der Waals surface area contributed by atoms with Crippen LogP contribution in [-0.4, -0.2) is 6.54 Å². The van der Waals surface area contributed by atoms with Gasteiger partial charge in [0.15, 0.2) is 0 Å². The van der Waals surface area contributed by atoms with Crippen LogP contribution in [0.15, 0.2) is 79.0 Å². The topological polar surface area (TPSA) is 28.6 Å². The van der Waals surface area contributed by atoms with E-state index in [2.05, 4.69) is 86.0 Å². The molecule has 0 saturated carbocycles. The number of benzene rings is 2. The second-order valence-corrected chi connectivity index (χ2v) is 6.97. The Hall–Kier alpha value is -2.32. The van der Waals surface area contributed by atoms with E-state index in [1.165, 1.54) is 17.7 Å². The van der Waals surface area contributed by atoms with Gasteiger partial charge in [0.2, 0.25) is 0 Å². The van der Waals surface area contributed by atoms with E-state index < -0.39 is 0 Å². The minimum absolute atomic E-state index is 0.123. The lowest BCUT2D eigenvalue weighted by Gasteiger charge is -2.25. The average Bonchev–Trinajstić information content (AvgIpc) is 2.71. The molecule has 27 heavy (non-hydrogen) atoms. The van der Waals surface area contributed by atoms with Crippen molar-refractivity contribution in [3.8, 4) is 0 Å². The molecule has 0 saturated heterocycles. The minimum Gasteiger partial charge on any atom is -0.362 e. The van der Waals surface area contributed by atoms with Crippen molar-refractivity contribution in [2.75, 3.05) is 11.9 Å². The maximum absolute atomic E-state index is 3.27. The molecule has 2 rings (SSSR count). The first-order valence-corrected chi connectivity index (χ1v) is 10.2. The van der Waals surface area contributed by atoms with Crippen LogP contribution in [0.1, 0.15) is 53.0 Å². The van der Waals surface area contributed by atoms with Crippen molar-refractivity contribution in [2.45, 2.75) is 52.9 Å². The highest BCUT2D eigenvalue weighted by Gasteiger charge is 2.23. The van der Waals surface area contributed by atoms with Crippen LogP contribution in [0, 0.1) is 0 Å². The summed E-state index contributed by atoms with van der Waals surface area (Å²) in [7, 11) is 0. The van der Waals surface area contributed by atoms with E-state index in [4.69, 9.17) is 0 Å². The predicted octanol–water partition coefficient (Wildman–Crippen LogP) is 6.17. The lowest BCUT2D eigenvalue weighted by Crippen LogP contribution is -2.78. The summed E-state index contributed by atoms with van der Waals surface area (Å²) in [6, 6.07) is 19.0. The molecule has 146 valence electrons. The van der Waals surface area contributed by atoms with Crippen LogP contribution in [0.3, 0.4) is 0 Å². The van der Waals surface area contributed by atoms with Crippen LogP contribution >= 0.6 is 0 Å². The molecule has 0 radical (unpaired) electrons. The molecule has 0 atom stereocenters. The van der Waals surface area contributed by atoms with Crippen LogP contribution in [-0.2, 0) is 5.41 Å². The molecular weight excluding hydrogens is 328 g/mol. The fraction of sp³-hybridized carbons (Fsp3) is 0.360. The second-order valence-electron chi connectivity index (χ2n) is 6.97. The van der Waals surface area contributed by atoms with Crippen molar-refractivity contribution in [3.63, 3.8) is 0 Å². The first kappa shape index (κ1) is 22.7. The molecule has 0 aromatic heterocycles. The lowest BCUT2D eigenvalue weighted by molar-refractivity contribution is -0.572. The van der Waals surface area contributed by atoms with Gasteiger partial charge in [-0.25, -0.2) is 0 Å². The number of rotatable bonds is 9. The van der Waals surface area contributed by atoms with Gasteiger partial charge >= 0.3 is 0 Å². The Morgan fingerprint density at radius 2 is 1.59 bits per heavy atom. The maximum Gasteiger partial charge on any atom is 0.133 e. The summed E-state index contributed by atoms with van der Waals surface area (Å²) in [6.45, 7) is 12.0. The van der Waals surface area contributed by atoms with E-state index in [0.717, 1.165) is 18.7 Å². The molecule has 0 unspecified atom stereocenters. The van der Waals surface area contributed by atoms with E-state index in [9.17, 15) is 0 Å². The van der Waals surface area contributed by atoms with E-state index in [1.54, 1.807) is 0 Å². The summed E-state index contributed by atoms with van der Waals surface area (Å²) >= 11 is 0. The molecule has 0 bridgehead atoms. The number of nitrogens with two attached hydrogens (primary N) is 1. The highest BCUT2D eigenvalue weighted by atomic mass is 14.9. The summed E-state index contributed by atoms with van der Waals surface area (Å²) in [4.78, 5) is 0. The molecule has 0 aliphatic carbocycles. The summed E-state index contributed by atoms with van der Waals surface area (Å²) in [6.07, 6.45) is 10.6. The number of allylic oxidation sites excluding steroid dienone is 3. The molecule has 2 nitrogen and oxygen atoms in total. The van der Waals surface area contributed by atoms with Crippen molar-refractivity contribution in [1.29, 1.82) is 0 Å². The van der Waals surface area contributed by atoms with Gasteiger partial charge in [0.25, 0.3) is 0 Å². The van der Waals surface area contributed by atoms with Crippen LogP contribution in [0.4, 0.5) is 11.4 Å². The van der Waals surface area contributed by atoms with Gasteiger partial charge in [0.05, 0.1) is 6.54 Å². The molecule has 2 aromatic rings. The van der Waals surface area contributed by atoms with Gasteiger partial charge in [-0.15, -0.1) is 0 Å². The third-order valence-corrected chi connectivity index (χ3v) is 4.34. The monoisotopic (exact) mass is 365 g/mol. The zero-order valence-corrected chi connectivity index (χ0v) is 17.7. The molecule has 0 fully saturated rings. The molecule has 2 aromatic carbocycles. The highest BCUT2D eigenvalue weighted by molar-refractivity contribution is 5.45. The number of nitrogens with one attached hydrogen (secondary N) is 1. The Balaban J connectivity index is 0.00000176. The normalized spacial score (nSPS) is 11.4. The van der Waals surface area contributed by atoms with Crippen LogP contribution in [0.5, 0.6) is 0 Å². The van der Waals surface area contributed by atoms with Gasteiger partial charge in [-0.2, -0.15) is 0 Å². The smallest absolute Gasteiger partial charge is 0.133 e. The van der Waals surface area contributed by atoms with Gasteiger partial charge < -0.3 is 10.6 Å². The lowest BCUT2D eigenvalue weighted by atomic mass is 9.80. The Kier molecular flexibility index (Phi) is 10.9. The molecule has 0 spiro atoms. The van der Waals surface area contributed by atoms with Gasteiger partial charge in [-0.05, 0) is 42.5 Å². The Labute approximate surface area is 166 Å². The SMILES string of the molecule is CC.CCC[NH2+]c1ccccc1C(C)(C)C/C=C/C=C/Nc1ccccc1. The summed E-state index contributed by atoms with van der Waals surface area (Å²) in [5.41, 5.74) is 4.04. The van der Waals surface area contributed by atoms with Gasteiger partial charge in [0.1, 0.15) is 5.69 Å². The molecule has 2 heteroatoms. The predicted molar refractivity (Wildman–Crippen MR) is 121 cm³/mol. The third kappa shape index (κ3) is 8.27. The van der Waals surface area contributed by atoms with Crippen molar-refractivity contribution < 1.29 is 5.32 Å². The van der Waals surface area contributed by atoms with Crippen molar-refractivity contribution >= 4 is 11.4 Å². The van der Waals surface area contributed by atoms with E-state index in [0.29, 0.717) is 0 Å². The summed E-state index contributed by atoms with van der Waals surface area (Å²) < 4.78 is 0. The van der Waals surface area contributed by atoms with Crippen molar-refractivity contribution in [1.82, 2.24) is 0 Å². The first-order valence-electron chi connectivity index (χ1n) is 10.2. The molecular formula is C25H37N2+. The number of para-hydroxylation sites is 2. The highest BCUT2D eigenvalue weighted by Crippen LogP contribution is 2.31.